The van der Waals surface area contributed by atoms with Gasteiger partial charge in [-0.1, -0.05) is 27.7 Å². The average Bonchev–Trinajstić information content (AvgIpc) is 2.54. The van der Waals surface area contributed by atoms with E-state index in [-0.39, 0.29) is 0 Å². The van der Waals surface area contributed by atoms with E-state index >= 15 is 0 Å². The molecule has 0 radical (unpaired) electrons. The van der Waals surface area contributed by atoms with Crippen LogP contribution in [-0.2, 0) is 6.42 Å². The van der Waals surface area contributed by atoms with Gasteiger partial charge in [-0.2, -0.15) is 11.3 Å². The topological polar surface area (TPSA) is 12.0 Å². The Kier molecular flexibility index (Phi) is 4.14. The maximum Gasteiger partial charge on any atom is 0.0156 e. The number of hydrogen-bond donors (Lipinski definition) is 1. The number of nitrogens with one attached hydrogen (secondary N) is 1. The van der Waals surface area contributed by atoms with Gasteiger partial charge in [0.2, 0.25) is 0 Å². The molecule has 1 rings (SSSR count). The fourth-order valence-electron chi connectivity index (χ4n) is 1.58. The largest absolute Gasteiger partial charge is 0.313 e. The van der Waals surface area contributed by atoms with Crippen molar-refractivity contribution in [2.45, 2.75) is 40.2 Å². The summed E-state index contributed by atoms with van der Waals surface area (Å²) >= 11 is 1.78. The van der Waals surface area contributed by atoms with Gasteiger partial charge in [0.25, 0.3) is 0 Å². The molecular weight excluding hydrogens is 190 g/mol. The number of likely N-dealkylation sites (N-methyl/N-ethyl adjacent to an activating group) is 1. The van der Waals surface area contributed by atoms with E-state index in [9.17, 15) is 0 Å². The number of hydrogen-bond acceptors (Lipinski definition) is 2. The maximum atomic E-state index is 3.57. The normalized spacial score (nSPS) is 14.3. The molecule has 0 aliphatic heterocycles. The van der Waals surface area contributed by atoms with Crippen molar-refractivity contribution in [3.05, 3.63) is 22.4 Å². The standard InChI is InChI=1S/C12H21NS/c1-5-13-11(12(2,3)4)8-10-6-7-14-9-10/h6-7,9,11,13H,5,8H2,1-4H3. The van der Waals surface area contributed by atoms with Gasteiger partial charge in [0.1, 0.15) is 0 Å². The van der Waals surface area contributed by atoms with Gasteiger partial charge in [-0.3, -0.25) is 0 Å². The van der Waals surface area contributed by atoms with E-state index < -0.39 is 0 Å². The zero-order valence-corrected chi connectivity index (χ0v) is 10.4. The molecule has 0 bridgehead atoms. The Bertz CT molecular complexity index is 246. The third-order valence-corrected chi connectivity index (χ3v) is 3.25. The first kappa shape index (κ1) is 11.7. The van der Waals surface area contributed by atoms with Crippen LogP contribution >= 0.6 is 11.3 Å². The zero-order chi connectivity index (χ0) is 10.6. The van der Waals surface area contributed by atoms with E-state index in [1.807, 2.05) is 0 Å². The minimum absolute atomic E-state index is 0.331. The van der Waals surface area contributed by atoms with E-state index in [1.165, 1.54) is 5.56 Å². The van der Waals surface area contributed by atoms with Crippen molar-refractivity contribution in [3.8, 4) is 0 Å². The second-order valence-corrected chi connectivity index (χ2v) is 5.59. The molecule has 1 atom stereocenters. The van der Waals surface area contributed by atoms with Crippen molar-refractivity contribution in [1.29, 1.82) is 0 Å². The molecule has 0 spiro atoms. The molecule has 1 unspecified atom stereocenters. The van der Waals surface area contributed by atoms with Crippen molar-refractivity contribution < 1.29 is 0 Å². The van der Waals surface area contributed by atoms with Gasteiger partial charge in [-0.05, 0) is 40.8 Å². The summed E-state index contributed by atoms with van der Waals surface area (Å²) < 4.78 is 0. The summed E-state index contributed by atoms with van der Waals surface area (Å²) in [5.41, 5.74) is 1.79. The Morgan fingerprint density at radius 2 is 2.14 bits per heavy atom. The lowest BCUT2D eigenvalue weighted by Crippen LogP contribution is -2.41. The molecule has 0 aliphatic rings. The lowest BCUT2D eigenvalue weighted by atomic mass is 9.83. The molecule has 0 amide bonds. The molecule has 80 valence electrons. The van der Waals surface area contributed by atoms with Gasteiger partial charge in [0, 0.05) is 6.04 Å². The summed E-state index contributed by atoms with van der Waals surface area (Å²) in [6.45, 7) is 10.1. The van der Waals surface area contributed by atoms with Gasteiger partial charge >= 0.3 is 0 Å². The van der Waals surface area contributed by atoms with Crippen LogP contribution in [0, 0.1) is 5.41 Å². The highest BCUT2D eigenvalue weighted by molar-refractivity contribution is 7.07. The van der Waals surface area contributed by atoms with Crippen LogP contribution in [0.3, 0.4) is 0 Å². The van der Waals surface area contributed by atoms with Crippen molar-refractivity contribution in [1.82, 2.24) is 5.32 Å². The monoisotopic (exact) mass is 211 g/mol. The molecule has 1 heterocycles. The molecule has 14 heavy (non-hydrogen) atoms. The average molecular weight is 211 g/mol. The van der Waals surface area contributed by atoms with E-state index in [4.69, 9.17) is 0 Å². The van der Waals surface area contributed by atoms with Gasteiger partial charge in [0.05, 0.1) is 0 Å². The van der Waals surface area contributed by atoms with Crippen molar-refractivity contribution in [3.63, 3.8) is 0 Å². The van der Waals surface area contributed by atoms with E-state index in [0.717, 1.165) is 13.0 Å². The zero-order valence-electron chi connectivity index (χ0n) is 9.63. The Labute approximate surface area is 91.5 Å². The molecule has 0 aromatic carbocycles. The molecule has 1 nitrogen and oxygen atoms in total. The predicted octanol–water partition coefficient (Wildman–Crippen LogP) is 3.31. The molecule has 1 N–H and O–H groups in total. The lowest BCUT2D eigenvalue weighted by molar-refractivity contribution is 0.270. The van der Waals surface area contributed by atoms with Crippen LogP contribution in [0.5, 0.6) is 0 Å². The number of rotatable bonds is 4. The minimum Gasteiger partial charge on any atom is -0.313 e. The third-order valence-electron chi connectivity index (χ3n) is 2.52. The van der Waals surface area contributed by atoms with Gasteiger partial charge in [0.15, 0.2) is 0 Å². The fraction of sp³-hybridized carbons (Fsp3) is 0.667. The summed E-state index contributed by atoms with van der Waals surface area (Å²) in [4.78, 5) is 0. The quantitative estimate of drug-likeness (QED) is 0.805. The Balaban J connectivity index is 2.60. The molecule has 1 aromatic heterocycles. The smallest absolute Gasteiger partial charge is 0.0156 e. The van der Waals surface area contributed by atoms with Crippen LogP contribution in [0.25, 0.3) is 0 Å². The maximum absolute atomic E-state index is 3.57. The highest BCUT2D eigenvalue weighted by atomic mass is 32.1. The fourth-order valence-corrected chi connectivity index (χ4v) is 2.26. The van der Waals surface area contributed by atoms with Gasteiger partial charge in [-0.15, -0.1) is 0 Å². The second kappa shape index (κ2) is 4.94. The summed E-state index contributed by atoms with van der Waals surface area (Å²) in [6.07, 6.45) is 1.14. The van der Waals surface area contributed by atoms with E-state index in [1.54, 1.807) is 11.3 Å². The highest BCUT2D eigenvalue weighted by Crippen LogP contribution is 2.23. The van der Waals surface area contributed by atoms with Crippen molar-refractivity contribution >= 4 is 11.3 Å². The first-order valence-corrected chi connectivity index (χ1v) is 6.22. The van der Waals surface area contributed by atoms with Crippen LogP contribution < -0.4 is 5.32 Å². The molecule has 0 saturated heterocycles. The van der Waals surface area contributed by atoms with Crippen LogP contribution in [0.1, 0.15) is 33.3 Å². The Morgan fingerprint density at radius 3 is 2.57 bits per heavy atom. The predicted molar refractivity (Wildman–Crippen MR) is 64.9 cm³/mol. The lowest BCUT2D eigenvalue weighted by Gasteiger charge is -2.31. The second-order valence-electron chi connectivity index (χ2n) is 4.81. The van der Waals surface area contributed by atoms with E-state index in [2.05, 4.69) is 49.8 Å². The molecule has 0 aliphatic carbocycles. The van der Waals surface area contributed by atoms with E-state index in [0.29, 0.717) is 11.5 Å². The van der Waals surface area contributed by atoms with Crippen LogP contribution in [0.15, 0.2) is 16.8 Å². The third kappa shape index (κ3) is 3.43. The van der Waals surface area contributed by atoms with Crippen LogP contribution in [0.4, 0.5) is 0 Å². The highest BCUT2D eigenvalue weighted by Gasteiger charge is 2.23. The summed E-state index contributed by atoms with van der Waals surface area (Å²) in [5.74, 6) is 0. The van der Waals surface area contributed by atoms with Crippen LogP contribution in [-0.4, -0.2) is 12.6 Å². The van der Waals surface area contributed by atoms with Gasteiger partial charge in [-0.25, -0.2) is 0 Å². The summed E-state index contributed by atoms with van der Waals surface area (Å²) in [6, 6.07) is 2.79. The SMILES string of the molecule is CCNC(Cc1ccsc1)C(C)(C)C. The molecule has 2 heteroatoms. The van der Waals surface area contributed by atoms with Crippen molar-refractivity contribution in [2.75, 3.05) is 6.54 Å². The molecule has 0 saturated carbocycles. The summed E-state index contributed by atoms with van der Waals surface area (Å²) in [5, 5.41) is 7.97. The molecule has 0 fully saturated rings. The first-order valence-electron chi connectivity index (χ1n) is 5.28. The Hall–Kier alpha value is -0.340. The summed E-state index contributed by atoms with van der Waals surface area (Å²) in [7, 11) is 0. The van der Waals surface area contributed by atoms with Crippen molar-refractivity contribution in [2.24, 2.45) is 5.41 Å². The molecular formula is C12H21NS. The Morgan fingerprint density at radius 1 is 1.43 bits per heavy atom. The van der Waals surface area contributed by atoms with Gasteiger partial charge < -0.3 is 5.32 Å². The number of thiophene rings is 1. The van der Waals surface area contributed by atoms with Crippen LogP contribution in [0.2, 0.25) is 0 Å². The molecule has 1 aromatic rings. The minimum atomic E-state index is 0.331. The first-order chi connectivity index (χ1) is 6.54.